The van der Waals surface area contributed by atoms with Crippen molar-refractivity contribution in [2.24, 2.45) is 0 Å². The molecule has 162 valence electrons. The van der Waals surface area contributed by atoms with E-state index in [0.717, 1.165) is 26.4 Å². The van der Waals surface area contributed by atoms with E-state index in [1.807, 2.05) is 82.2 Å². The number of hydrogen-bond acceptors (Lipinski definition) is 3. The predicted octanol–water partition coefficient (Wildman–Crippen LogP) is 4.76. The van der Waals surface area contributed by atoms with Crippen LogP contribution in [0.1, 0.15) is 10.4 Å². The van der Waals surface area contributed by atoms with Crippen molar-refractivity contribution >= 4 is 55.2 Å². The largest absolute Gasteiger partial charge is 0.321 e. The van der Waals surface area contributed by atoms with Crippen LogP contribution in [0.2, 0.25) is 0 Å². The second-order valence-corrected chi connectivity index (χ2v) is 8.63. The van der Waals surface area contributed by atoms with Gasteiger partial charge in [0.15, 0.2) is 24.1 Å². The smallest absolute Gasteiger partial charge is 0.266 e. The van der Waals surface area contributed by atoms with Crippen molar-refractivity contribution < 1.29 is 14.2 Å². The molecule has 1 N–H and O–H groups in total. The molecule has 6 nitrogen and oxygen atoms in total. The number of halogens is 1. The molecule has 3 aromatic carbocycles. The number of imidazole rings is 1. The van der Waals surface area contributed by atoms with Crippen LogP contribution in [0.3, 0.4) is 0 Å². The summed E-state index contributed by atoms with van der Waals surface area (Å²) in [5, 5.41) is 3.94. The quantitative estimate of drug-likeness (QED) is 0.270. The fourth-order valence-electron chi connectivity index (χ4n) is 3.93. The van der Waals surface area contributed by atoms with E-state index in [9.17, 15) is 9.59 Å². The first-order valence-electron chi connectivity index (χ1n) is 10.5. The number of carbonyl (C=O) groups is 2. The lowest BCUT2D eigenvalue weighted by molar-refractivity contribution is -0.657. The molecular formula is C26H20BrN4O2+. The number of aromatic nitrogens is 3. The zero-order chi connectivity index (χ0) is 22.8. The van der Waals surface area contributed by atoms with Crippen molar-refractivity contribution in [3.63, 3.8) is 0 Å². The molecule has 7 heteroatoms. The number of nitrogens with one attached hydrogen (secondary N) is 1. The van der Waals surface area contributed by atoms with Crippen LogP contribution in [-0.4, -0.2) is 21.2 Å². The van der Waals surface area contributed by atoms with Gasteiger partial charge in [-0.15, -0.1) is 0 Å². The molecule has 0 aliphatic heterocycles. The van der Waals surface area contributed by atoms with Crippen LogP contribution in [0.15, 0.2) is 95.9 Å². The molecule has 0 atom stereocenters. The zero-order valence-electron chi connectivity index (χ0n) is 17.6. The number of para-hydroxylation sites is 3. The zero-order valence-corrected chi connectivity index (χ0v) is 19.2. The first kappa shape index (κ1) is 21.0. The van der Waals surface area contributed by atoms with Gasteiger partial charge in [0, 0.05) is 21.6 Å². The molecule has 2 aromatic heterocycles. The molecule has 5 aromatic rings. The lowest BCUT2D eigenvalue weighted by atomic mass is 10.1. The summed E-state index contributed by atoms with van der Waals surface area (Å²) in [7, 11) is 0. The fraction of sp³-hybridized carbons (Fsp3) is 0.0769. The highest BCUT2D eigenvalue weighted by atomic mass is 79.9. The Kier molecular flexibility index (Phi) is 5.71. The Morgan fingerprint density at radius 2 is 1.73 bits per heavy atom. The fourth-order valence-corrected chi connectivity index (χ4v) is 4.19. The average Bonchev–Trinajstić information content (AvgIpc) is 3.16. The van der Waals surface area contributed by atoms with E-state index in [-0.39, 0.29) is 24.8 Å². The van der Waals surface area contributed by atoms with E-state index in [0.29, 0.717) is 11.3 Å². The number of carbonyl (C=O) groups excluding carboxylic acids is 2. The number of hydrogen-bond donors (Lipinski definition) is 1. The molecule has 0 aliphatic carbocycles. The van der Waals surface area contributed by atoms with Crippen molar-refractivity contribution in [1.82, 2.24) is 9.55 Å². The number of anilines is 1. The summed E-state index contributed by atoms with van der Waals surface area (Å²) < 4.78 is 4.67. The van der Waals surface area contributed by atoms with Crippen LogP contribution in [0, 0.1) is 0 Å². The normalized spacial score (nSPS) is 11.1. The molecule has 0 bridgehead atoms. The van der Waals surface area contributed by atoms with Gasteiger partial charge in [-0.05, 0) is 36.4 Å². The van der Waals surface area contributed by atoms with E-state index in [1.54, 1.807) is 18.3 Å². The SMILES string of the molecule is O=C(Cn1c[n+](CC(=O)c2ccc(Br)cc2)c2ccccc21)Nc1cccc2cccnc12. The number of rotatable bonds is 6. The molecule has 0 saturated heterocycles. The highest BCUT2D eigenvalue weighted by molar-refractivity contribution is 9.10. The minimum absolute atomic E-state index is 0.00156. The van der Waals surface area contributed by atoms with Gasteiger partial charge in [-0.2, -0.15) is 0 Å². The van der Waals surface area contributed by atoms with E-state index in [1.165, 1.54) is 0 Å². The van der Waals surface area contributed by atoms with E-state index in [2.05, 4.69) is 26.2 Å². The van der Waals surface area contributed by atoms with Crippen LogP contribution in [0.25, 0.3) is 21.9 Å². The number of amides is 1. The molecule has 0 saturated carbocycles. The maximum absolute atomic E-state index is 12.9. The summed E-state index contributed by atoms with van der Waals surface area (Å²) >= 11 is 3.40. The van der Waals surface area contributed by atoms with Gasteiger partial charge in [-0.1, -0.05) is 58.4 Å². The maximum atomic E-state index is 12.9. The minimum atomic E-state index is -0.166. The molecule has 0 fully saturated rings. The van der Waals surface area contributed by atoms with Gasteiger partial charge in [-0.3, -0.25) is 14.6 Å². The molecule has 2 heterocycles. The van der Waals surface area contributed by atoms with Crippen LogP contribution >= 0.6 is 15.9 Å². The van der Waals surface area contributed by atoms with Crippen molar-refractivity contribution in [2.45, 2.75) is 13.1 Å². The second kappa shape index (κ2) is 8.96. The van der Waals surface area contributed by atoms with Gasteiger partial charge < -0.3 is 5.32 Å². The van der Waals surface area contributed by atoms with E-state index < -0.39 is 0 Å². The first-order valence-corrected chi connectivity index (χ1v) is 11.3. The summed E-state index contributed by atoms with van der Waals surface area (Å²) in [6.45, 7) is 0.299. The average molecular weight is 500 g/mol. The lowest BCUT2D eigenvalue weighted by Crippen LogP contribution is -2.37. The number of pyridine rings is 1. The Balaban J connectivity index is 1.40. The van der Waals surface area contributed by atoms with Gasteiger partial charge in [0.1, 0.15) is 0 Å². The van der Waals surface area contributed by atoms with E-state index in [4.69, 9.17) is 0 Å². The van der Waals surface area contributed by atoms with Crippen molar-refractivity contribution in [3.05, 3.63) is 101 Å². The Morgan fingerprint density at radius 3 is 2.58 bits per heavy atom. The topological polar surface area (TPSA) is 67.9 Å². The maximum Gasteiger partial charge on any atom is 0.266 e. The Labute approximate surface area is 198 Å². The monoisotopic (exact) mass is 499 g/mol. The minimum Gasteiger partial charge on any atom is -0.321 e. The van der Waals surface area contributed by atoms with Crippen molar-refractivity contribution in [3.8, 4) is 0 Å². The summed E-state index contributed by atoms with van der Waals surface area (Å²) in [6, 6.07) is 24.6. The van der Waals surface area contributed by atoms with Gasteiger partial charge in [0.25, 0.3) is 5.91 Å². The van der Waals surface area contributed by atoms with Crippen LogP contribution in [0.4, 0.5) is 5.69 Å². The van der Waals surface area contributed by atoms with Crippen LogP contribution in [-0.2, 0) is 17.9 Å². The van der Waals surface area contributed by atoms with E-state index >= 15 is 0 Å². The Morgan fingerprint density at radius 1 is 0.939 bits per heavy atom. The van der Waals surface area contributed by atoms with Crippen LogP contribution in [0.5, 0.6) is 0 Å². The highest BCUT2D eigenvalue weighted by Crippen LogP contribution is 2.21. The van der Waals surface area contributed by atoms with Gasteiger partial charge in [0.2, 0.25) is 12.1 Å². The number of nitrogens with zero attached hydrogens (tertiary/aromatic N) is 3. The highest BCUT2D eigenvalue weighted by Gasteiger charge is 2.20. The summed E-state index contributed by atoms with van der Waals surface area (Å²) in [6.07, 6.45) is 3.53. The number of ketones is 1. The molecule has 0 aliphatic rings. The third-order valence-electron chi connectivity index (χ3n) is 5.48. The summed E-state index contributed by atoms with van der Waals surface area (Å²) in [5.74, 6) is -0.165. The Bertz CT molecular complexity index is 1490. The number of Topliss-reactive ketones (excluding diaryl/α,β-unsaturated/α-hetero) is 1. The van der Waals surface area contributed by atoms with Gasteiger partial charge in [-0.25, -0.2) is 9.13 Å². The molecule has 0 unspecified atom stereocenters. The van der Waals surface area contributed by atoms with Gasteiger partial charge >= 0.3 is 0 Å². The third-order valence-corrected chi connectivity index (χ3v) is 6.01. The summed E-state index contributed by atoms with van der Waals surface area (Å²) in [4.78, 5) is 30.1. The second-order valence-electron chi connectivity index (χ2n) is 7.72. The Hall–Kier alpha value is -3.84. The van der Waals surface area contributed by atoms with Crippen molar-refractivity contribution in [1.29, 1.82) is 0 Å². The first-order chi connectivity index (χ1) is 16.1. The van der Waals surface area contributed by atoms with Gasteiger partial charge in [0.05, 0.1) is 11.2 Å². The molecule has 0 spiro atoms. The third kappa shape index (κ3) is 4.40. The lowest BCUT2D eigenvalue weighted by Gasteiger charge is -2.07. The van der Waals surface area contributed by atoms with Crippen molar-refractivity contribution in [2.75, 3.05) is 5.32 Å². The summed E-state index contributed by atoms with van der Waals surface area (Å²) in [5.41, 5.74) is 3.84. The molecule has 33 heavy (non-hydrogen) atoms. The molecular weight excluding hydrogens is 480 g/mol. The number of fused-ring (bicyclic) bond motifs is 2. The van der Waals surface area contributed by atoms with Crippen LogP contribution < -0.4 is 9.88 Å². The number of benzene rings is 3. The standard InChI is InChI=1S/C26H19BrN4O2/c27-20-12-10-18(11-13-20)24(32)15-30-17-31(23-9-2-1-8-22(23)30)16-25(33)29-21-7-3-5-19-6-4-14-28-26(19)21/h1-14,17H,15-16H2/p+1. The molecule has 1 amide bonds. The predicted molar refractivity (Wildman–Crippen MR) is 131 cm³/mol. The molecule has 5 rings (SSSR count). The molecule has 0 radical (unpaired) electrons.